The lowest BCUT2D eigenvalue weighted by molar-refractivity contribution is 0.0949. The third-order valence-electron chi connectivity index (χ3n) is 4.79. The number of halogens is 1. The molecule has 0 fully saturated rings. The first kappa shape index (κ1) is 22.0. The molecule has 2 N–H and O–H groups in total. The molecule has 168 valence electrons. The lowest BCUT2D eigenvalue weighted by Gasteiger charge is -2.10. The summed E-state index contributed by atoms with van der Waals surface area (Å²) in [5.41, 5.74) is -1.46. The molecule has 1 amide bonds. The molecule has 0 bridgehead atoms. The van der Waals surface area contributed by atoms with Gasteiger partial charge in [-0.15, -0.1) is 5.10 Å². The molecule has 12 heteroatoms. The van der Waals surface area contributed by atoms with Gasteiger partial charge in [-0.3, -0.25) is 19.0 Å². The Labute approximate surface area is 190 Å². The second-order valence-electron chi connectivity index (χ2n) is 6.95. The van der Waals surface area contributed by atoms with Crippen LogP contribution < -0.4 is 22.1 Å². The maximum atomic E-state index is 12.8. The molecule has 0 aliphatic heterocycles. The van der Waals surface area contributed by atoms with Crippen LogP contribution in [-0.2, 0) is 13.1 Å². The summed E-state index contributed by atoms with van der Waals surface area (Å²) < 4.78 is 3.58. The van der Waals surface area contributed by atoms with E-state index in [0.29, 0.717) is 16.4 Å². The van der Waals surface area contributed by atoms with Gasteiger partial charge in [0.05, 0.1) is 13.1 Å². The molecule has 0 unspecified atom stereocenters. The average molecular weight is 468 g/mol. The summed E-state index contributed by atoms with van der Waals surface area (Å²) in [5, 5.41) is 11.2. The van der Waals surface area contributed by atoms with E-state index < -0.39 is 17.2 Å². The van der Waals surface area contributed by atoms with Gasteiger partial charge in [-0.05, 0) is 23.8 Å². The van der Waals surface area contributed by atoms with E-state index in [2.05, 4.69) is 20.5 Å². The lowest BCUT2D eigenvalue weighted by atomic mass is 10.2. The Kier molecular flexibility index (Phi) is 6.31. The van der Waals surface area contributed by atoms with Crippen molar-refractivity contribution in [2.75, 3.05) is 6.54 Å². The maximum Gasteiger partial charge on any atom is 0.328 e. The summed E-state index contributed by atoms with van der Waals surface area (Å²) in [6.45, 7) is 0.00270. The molecule has 0 aliphatic rings. The monoisotopic (exact) mass is 467 g/mol. The standard InChI is InChI=1S/C21H18ClN7O4/c22-16-5-2-1-4-14(16)13-27-20(32)15(12-24-21(27)33)19(31)23-9-11-29-18(30)7-6-17(26-29)28-10-3-8-25-28/h1-8,10,12H,9,11,13H2,(H,23,31)(H,24,33). The van der Waals surface area contributed by atoms with Gasteiger partial charge in [-0.2, -0.15) is 5.10 Å². The lowest BCUT2D eigenvalue weighted by Crippen LogP contribution is -2.41. The summed E-state index contributed by atoms with van der Waals surface area (Å²) in [7, 11) is 0. The summed E-state index contributed by atoms with van der Waals surface area (Å²) in [6.07, 6.45) is 4.33. The van der Waals surface area contributed by atoms with E-state index in [0.717, 1.165) is 10.8 Å². The Balaban J connectivity index is 1.48. The van der Waals surface area contributed by atoms with Crippen LogP contribution in [0.1, 0.15) is 15.9 Å². The number of hydrogen-bond acceptors (Lipinski definition) is 6. The van der Waals surface area contributed by atoms with Gasteiger partial charge in [0.2, 0.25) is 0 Å². The smallest absolute Gasteiger partial charge is 0.328 e. The number of carbonyl (C=O) groups excluding carboxylic acids is 1. The Bertz CT molecular complexity index is 1470. The number of carbonyl (C=O) groups is 1. The fourth-order valence-corrected chi connectivity index (χ4v) is 3.31. The molecule has 0 aliphatic carbocycles. The van der Waals surface area contributed by atoms with Crippen LogP contribution in [0.4, 0.5) is 0 Å². The molecule has 4 rings (SSSR count). The molecule has 4 aromatic rings. The predicted molar refractivity (Wildman–Crippen MR) is 120 cm³/mol. The molecule has 0 saturated carbocycles. The van der Waals surface area contributed by atoms with E-state index in [9.17, 15) is 19.2 Å². The number of benzene rings is 1. The van der Waals surface area contributed by atoms with Crippen molar-refractivity contribution >= 4 is 17.5 Å². The highest BCUT2D eigenvalue weighted by atomic mass is 35.5. The minimum absolute atomic E-state index is 0.0252. The van der Waals surface area contributed by atoms with Crippen molar-refractivity contribution in [3.05, 3.63) is 108 Å². The number of nitrogens with zero attached hydrogens (tertiary/aromatic N) is 5. The Morgan fingerprint density at radius 2 is 1.91 bits per heavy atom. The predicted octanol–water partition coefficient (Wildman–Crippen LogP) is 0.411. The Hall–Kier alpha value is -4.25. The number of aromatic nitrogens is 6. The number of aromatic amines is 1. The highest BCUT2D eigenvalue weighted by Gasteiger charge is 2.15. The van der Waals surface area contributed by atoms with Crippen molar-refractivity contribution < 1.29 is 4.79 Å². The quantitative estimate of drug-likeness (QED) is 0.404. The number of rotatable bonds is 7. The number of nitrogens with one attached hydrogen (secondary N) is 2. The zero-order valence-electron chi connectivity index (χ0n) is 17.1. The summed E-state index contributed by atoms with van der Waals surface area (Å²) >= 11 is 6.12. The highest BCUT2D eigenvalue weighted by Crippen LogP contribution is 2.14. The van der Waals surface area contributed by atoms with Crippen LogP contribution in [0.5, 0.6) is 0 Å². The van der Waals surface area contributed by atoms with Crippen molar-refractivity contribution in [1.82, 2.24) is 34.4 Å². The van der Waals surface area contributed by atoms with Crippen molar-refractivity contribution in [3.63, 3.8) is 0 Å². The third-order valence-corrected chi connectivity index (χ3v) is 5.16. The molecule has 0 atom stereocenters. The van der Waals surface area contributed by atoms with E-state index in [-0.39, 0.29) is 30.8 Å². The normalized spacial score (nSPS) is 10.8. The van der Waals surface area contributed by atoms with E-state index in [1.165, 1.54) is 21.5 Å². The number of amides is 1. The van der Waals surface area contributed by atoms with E-state index in [4.69, 9.17) is 11.6 Å². The first-order valence-corrected chi connectivity index (χ1v) is 10.2. The maximum absolute atomic E-state index is 12.8. The molecule has 0 radical (unpaired) electrons. The zero-order chi connectivity index (χ0) is 23.4. The van der Waals surface area contributed by atoms with Crippen LogP contribution in [0.25, 0.3) is 5.82 Å². The van der Waals surface area contributed by atoms with Gasteiger partial charge >= 0.3 is 5.69 Å². The summed E-state index contributed by atoms with van der Waals surface area (Å²) in [4.78, 5) is 52.0. The van der Waals surface area contributed by atoms with Gasteiger partial charge < -0.3 is 10.3 Å². The fourth-order valence-electron chi connectivity index (χ4n) is 3.11. The topological polar surface area (TPSA) is 137 Å². The minimum atomic E-state index is -0.757. The SMILES string of the molecule is O=C(NCCn1nc(-n2cccn2)ccc1=O)c1c[nH]c(=O)n(Cc2ccccc2Cl)c1=O. The van der Waals surface area contributed by atoms with Gasteiger partial charge in [0.15, 0.2) is 5.82 Å². The molecule has 3 heterocycles. The molecule has 1 aromatic carbocycles. The largest absolute Gasteiger partial charge is 0.350 e. The van der Waals surface area contributed by atoms with E-state index in [1.54, 1.807) is 42.7 Å². The Morgan fingerprint density at radius 1 is 1.09 bits per heavy atom. The van der Waals surface area contributed by atoms with Crippen LogP contribution in [-0.4, -0.2) is 41.6 Å². The second-order valence-corrected chi connectivity index (χ2v) is 7.36. The minimum Gasteiger partial charge on any atom is -0.350 e. The molecule has 3 aromatic heterocycles. The van der Waals surface area contributed by atoms with Gasteiger partial charge in [-0.1, -0.05) is 29.8 Å². The zero-order valence-corrected chi connectivity index (χ0v) is 17.9. The van der Waals surface area contributed by atoms with Crippen LogP contribution in [0, 0.1) is 0 Å². The van der Waals surface area contributed by atoms with E-state index >= 15 is 0 Å². The molecular formula is C21H18ClN7O4. The van der Waals surface area contributed by atoms with Crippen molar-refractivity contribution in [3.8, 4) is 5.82 Å². The van der Waals surface area contributed by atoms with Gasteiger partial charge in [0.25, 0.3) is 17.0 Å². The molecule has 0 spiro atoms. The average Bonchev–Trinajstić information content (AvgIpc) is 3.34. The molecule has 0 saturated heterocycles. The van der Waals surface area contributed by atoms with Crippen LogP contribution in [0.15, 0.2) is 75.4 Å². The summed E-state index contributed by atoms with van der Waals surface area (Å²) in [5.74, 6) is -0.255. The van der Waals surface area contributed by atoms with Crippen LogP contribution in [0.3, 0.4) is 0 Å². The van der Waals surface area contributed by atoms with Gasteiger partial charge in [-0.25, -0.2) is 14.2 Å². The number of H-pyrrole nitrogens is 1. The van der Waals surface area contributed by atoms with Crippen molar-refractivity contribution in [2.24, 2.45) is 0 Å². The van der Waals surface area contributed by atoms with Crippen LogP contribution >= 0.6 is 11.6 Å². The first-order chi connectivity index (χ1) is 15.9. The van der Waals surface area contributed by atoms with Gasteiger partial charge in [0, 0.05) is 36.2 Å². The highest BCUT2D eigenvalue weighted by molar-refractivity contribution is 6.31. The fraction of sp³-hybridized carbons (Fsp3) is 0.143. The summed E-state index contributed by atoms with van der Waals surface area (Å²) in [6, 6.07) is 11.4. The molecule has 11 nitrogen and oxygen atoms in total. The van der Waals surface area contributed by atoms with Gasteiger partial charge in [0.1, 0.15) is 5.56 Å². The third kappa shape index (κ3) is 4.83. The molecule has 33 heavy (non-hydrogen) atoms. The number of hydrogen-bond donors (Lipinski definition) is 2. The van der Waals surface area contributed by atoms with E-state index in [1.807, 2.05) is 0 Å². The van der Waals surface area contributed by atoms with Crippen molar-refractivity contribution in [1.29, 1.82) is 0 Å². The molecular weight excluding hydrogens is 450 g/mol. The first-order valence-electron chi connectivity index (χ1n) is 9.86. The second kappa shape index (κ2) is 9.49. The Morgan fingerprint density at radius 3 is 2.67 bits per heavy atom. The van der Waals surface area contributed by atoms with Crippen LogP contribution in [0.2, 0.25) is 5.02 Å². The van der Waals surface area contributed by atoms with Crippen molar-refractivity contribution in [2.45, 2.75) is 13.1 Å².